The van der Waals surface area contributed by atoms with Crippen molar-refractivity contribution in [2.75, 3.05) is 38.8 Å². The minimum Gasteiger partial charge on any atom is -0.497 e. The average molecular weight is 497 g/mol. The zero-order chi connectivity index (χ0) is 24.9. The third kappa shape index (κ3) is 5.29. The van der Waals surface area contributed by atoms with Gasteiger partial charge in [-0.1, -0.05) is 6.07 Å². The first-order valence-electron chi connectivity index (χ1n) is 10.9. The highest BCUT2D eigenvalue weighted by atomic mass is 32.2. The number of rotatable bonds is 8. The summed E-state index contributed by atoms with van der Waals surface area (Å²) in [4.78, 5) is 57.1. The molecule has 1 aromatic carbocycles. The monoisotopic (exact) mass is 496 g/mol. The fourth-order valence-electron chi connectivity index (χ4n) is 3.86. The molecule has 2 aliphatic heterocycles. The zero-order valence-electron chi connectivity index (χ0n) is 19.2. The van der Waals surface area contributed by atoms with E-state index in [1.807, 2.05) is 0 Å². The number of carbonyl (C=O) groups is 4. The molecular weight excluding hydrogens is 472 g/mol. The topological polar surface area (TPSA) is 118 Å². The van der Waals surface area contributed by atoms with Gasteiger partial charge in [0.2, 0.25) is 11.8 Å². The predicted octanol–water partition coefficient (Wildman–Crippen LogP) is 2.30. The molecule has 2 aromatic rings. The summed E-state index contributed by atoms with van der Waals surface area (Å²) in [6.07, 6.45) is 4.89. The number of pyridine rings is 1. The second-order valence-electron chi connectivity index (χ2n) is 7.85. The second-order valence-corrected chi connectivity index (χ2v) is 8.85. The summed E-state index contributed by atoms with van der Waals surface area (Å²) in [7, 11) is 3.04. The summed E-state index contributed by atoms with van der Waals surface area (Å²) in [5, 5.41) is 2.35. The molecule has 0 radical (unpaired) electrons. The molecule has 4 rings (SSSR count). The maximum Gasteiger partial charge on any atom is 0.293 e. The number of thioether (sulfide) groups is 1. The maximum atomic E-state index is 12.7. The molecule has 0 aliphatic carbocycles. The molecule has 10 nitrogen and oxygen atoms in total. The van der Waals surface area contributed by atoms with Crippen LogP contribution in [0.3, 0.4) is 0 Å². The Labute approximate surface area is 206 Å². The summed E-state index contributed by atoms with van der Waals surface area (Å²) >= 11 is 0.851. The molecule has 4 amide bonds. The molecule has 1 unspecified atom stereocenters. The molecule has 3 heterocycles. The summed E-state index contributed by atoms with van der Waals surface area (Å²) in [6, 6.07) is 8.64. The molecule has 1 aromatic heterocycles. The molecule has 2 aliphatic rings. The predicted molar refractivity (Wildman–Crippen MR) is 130 cm³/mol. The first-order valence-corrected chi connectivity index (χ1v) is 11.7. The van der Waals surface area contributed by atoms with Crippen molar-refractivity contribution in [2.24, 2.45) is 5.92 Å². The van der Waals surface area contributed by atoms with E-state index in [-0.39, 0.29) is 37.9 Å². The Bertz CT molecular complexity index is 1190. The average Bonchev–Trinajstić information content (AvgIpc) is 3.38. The number of ether oxygens (including phenoxy) is 2. The van der Waals surface area contributed by atoms with Crippen molar-refractivity contribution in [1.29, 1.82) is 0 Å². The van der Waals surface area contributed by atoms with E-state index in [4.69, 9.17) is 9.47 Å². The number of nitrogens with zero attached hydrogens (tertiary/aromatic N) is 3. The summed E-state index contributed by atoms with van der Waals surface area (Å²) in [5.41, 5.74) is 1.28. The van der Waals surface area contributed by atoms with Gasteiger partial charge in [-0.05, 0) is 41.6 Å². The van der Waals surface area contributed by atoms with Crippen molar-refractivity contribution in [1.82, 2.24) is 15.2 Å². The molecule has 0 spiro atoms. The number of anilines is 1. The highest BCUT2D eigenvalue weighted by Gasteiger charge is 2.37. The first kappa shape index (κ1) is 24.3. The lowest BCUT2D eigenvalue weighted by Gasteiger charge is -2.20. The highest BCUT2D eigenvalue weighted by Crippen LogP contribution is 2.36. The van der Waals surface area contributed by atoms with E-state index >= 15 is 0 Å². The number of benzene rings is 1. The van der Waals surface area contributed by atoms with Crippen LogP contribution < -0.4 is 19.7 Å². The maximum absolute atomic E-state index is 12.7. The van der Waals surface area contributed by atoms with E-state index in [2.05, 4.69) is 10.3 Å². The van der Waals surface area contributed by atoms with Gasteiger partial charge in [0.1, 0.15) is 11.5 Å². The minimum atomic E-state index is -0.560. The Morgan fingerprint density at radius 1 is 1.23 bits per heavy atom. The summed E-state index contributed by atoms with van der Waals surface area (Å²) < 4.78 is 10.6. The number of hydrogen-bond donors (Lipinski definition) is 1. The molecule has 0 bridgehead atoms. The van der Waals surface area contributed by atoms with Crippen molar-refractivity contribution in [3.05, 3.63) is 53.2 Å². The van der Waals surface area contributed by atoms with Crippen LogP contribution in [0.4, 0.5) is 10.5 Å². The van der Waals surface area contributed by atoms with Gasteiger partial charge in [-0.25, -0.2) is 0 Å². The normalized spacial score (nSPS) is 19.0. The SMILES string of the molecule is COc1ccc(N2CC(C(=O)NCCN3C(=O)S/C(=C/c4cccnc4)C3=O)CC2=O)c(OC)c1. The fraction of sp³-hybridized carbons (Fsp3) is 0.292. The van der Waals surface area contributed by atoms with Gasteiger partial charge in [0, 0.05) is 44.5 Å². The number of hydrogen-bond acceptors (Lipinski definition) is 8. The van der Waals surface area contributed by atoms with Crippen LogP contribution in [0.15, 0.2) is 47.6 Å². The van der Waals surface area contributed by atoms with Crippen molar-refractivity contribution < 1.29 is 28.7 Å². The van der Waals surface area contributed by atoms with Gasteiger partial charge in [0.15, 0.2) is 0 Å². The van der Waals surface area contributed by atoms with Crippen LogP contribution in [0.25, 0.3) is 6.08 Å². The van der Waals surface area contributed by atoms with Gasteiger partial charge >= 0.3 is 0 Å². The smallest absolute Gasteiger partial charge is 0.293 e. The van der Waals surface area contributed by atoms with Crippen LogP contribution in [-0.2, 0) is 14.4 Å². The van der Waals surface area contributed by atoms with Crippen molar-refractivity contribution in [3.8, 4) is 11.5 Å². The van der Waals surface area contributed by atoms with Crippen LogP contribution in [0, 0.1) is 5.92 Å². The largest absolute Gasteiger partial charge is 0.497 e. The lowest BCUT2D eigenvalue weighted by atomic mass is 10.1. The van der Waals surface area contributed by atoms with E-state index < -0.39 is 17.1 Å². The first-order chi connectivity index (χ1) is 16.9. The van der Waals surface area contributed by atoms with Crippen LogP contribution >= 0.6 is 11.8 Å². The molecule has 2 saturated heterocycles. The van der Waals surface area contributed by atoms with Crippen molar-refractivity contribution in [3.63, 3.8) is 0 Å². The van der Waals surface area contributed by atoms with Crippen molar-refractivity contribution in [2.45, 2.75) is 6.42 Å². The van der Waals surface area contributed by atoms with Crippen LogP contribution in [0.2, 0.25) is 0 Å². The zero-order valence-corrected chi connectivity index (χ0v) is 20.0. The Kier molecular flexibility index (Phi) is 7.35. The van der Waals surface area contributed by atoms with E-state index in [0.717, 1.165) is 22.2 Å². The molecule has 0 saturated carbocycles. The third-order valence-electron chi connectivity index (χ3n) is 5.66. The van der Waals surface area contributed by atoms with Crippen molar-refractivity contribution >= 4 is 46.5 Å². The Morgan fingerprint density at radius 3 is 2.77 bits per heavy atom. The quantitative estimate of drug-likeness (QED) is 0.553. The lowest BCUT2D eigenvalue weighted by Crippen LogP contribution is -2.40. The fourth-order valence-corrected chi connectivity index (χ4v) is 4.73. The Morgan fingerprint density at radius 2 is 2.06 bits per heavy atom. The molecule has 1 N–H and O–H groups in total. The Hall–Kier alpha value is -3.86. The number of carbonyl (C=O) groups excluding carboxylic acids is 4. The molecule has 11 heteroatoms. The van der Waals surface area contributed by atoms with Gasteiger partial charge in [-0.3, -0.25) is 29.1 Å². The van der Waals surface area contributed by atoms with Gasteiger partial charge in [0.05, 0.1) is 30.7 Å². The van der Waals surface area contributed by atoms with E-state index in [0.29, 0.717) is 22.1 Å². The van der Waals surface area contributed by atoms with Crippen LogP contribution in [0.1, 0.15) is 12.0 Å². The lowest BCUT2D eigenvalue weighted by molar-refractivity contribution is -0.127. The number of nitrogens with one attached hydrogen (secondary N) is 1. The summed E-state index contributed by atoms with van der Waals surface area (Å²) in [5.74, 6) is -0.417. The Balaban J connectivity index is 1.32. The summed E-state index contributed by atoms with van der Waals surface area (Å²) in [6.45, 7) is 0.327. The van der Waals surface area contributed by atoms with Crippen LogP contribution in [0.5, 0.6) is 11.5 Å². The molecule has 182 valence electrons. The molecule has 35 heavy (non-hydrogen) atoms. The molecular formula is C24H24N4O6S. The minimum absolute atomic E-state index is 0.0392. The molecule has 2 fully saturated rings. The molecule has 1 atom stereocenters. The van der Waals surface area contributed by atoms with Gasteiger partial charge in [0.25, 0.3) is 11.1 Å². The van der Waals surface area contributed by atoms with E-state index in [1.54, 1.807) is 48.8 Å². The highest BCUT2D eigenvalue weighted by molar-refractivity contribution is 8.18. The number of aromatic nitrogens is 1. The second kappa shape index (κ2) is 10.6. The number of imide groups is 1. The van der Waals surface area contributed by atoms with Gasteiger partial charge in [-0.15, -0.1) is 0 Å². The number of methoxy groups -OCH3 is 2. The van der Waals surface area contributed by atoms with E-state index in [9.17, 15) is 19.2 Å². The standard InChI is InChI=1S/C24H24N4O6S/c1-33-17-5-6-18(19(12-17)34-2)28-14-16(11-21(28)29)22(30)26-8-9-27-23(31)20(35-24(27)32)10-15-4-3-7-25-13-15/h3-7,10,12-13,16H,8-9,11,14H2,1-2H3,(H,26,30)/b20-10+. The third-order valence-corrected chi connectivity index (χ3v) is 6.57. The van der Waals surface area contributed by atoms with Crippen LogP contribution in [-0.4, -0.2) is 66.7 Å². The van der Waals surface area contributed by atoms with Gasteiger partial charge in [-0.2, -0.15) is 0 Å². The van der Waals surface area contributed by atoms with E-state index in [1.165, 1.54) is 19.1 Å². The van der Waals surface area contributed by atoms with Gasteiger partial charge < -0.3 is 19.7 Å². The number of amides is 4.